The Bertz CT molecular complexity index is 3600. The quantitative estimate of drug-likeness (QED) is 0.0223. The van der Waals surface area contributed by atoms with E-state index in [0.717, 1.165) is 54.6 Å². The summed E-state index contributed by atoms with van der Waals surface area (Å²) in [4.78, 5) is 8.71. The molecule has 6 aromatic carbocycles. The van der Waals surface area contributed by atoms with Gasteiger partial charge >= 0.3 is 0 Å². The van der Waals surface area contributed by atoms with E-state index in [1.54, 1.807) is 0 Å². The van der Waals surface area contributed by atoms with E-state index in [-0.39, 0.29) is 185 Å². The maximum absolute atomic E-state index is 12.2. The second kappa shape index (κ2) is 25.7. The molecule has 348 valence electrons. The van der Waals surface area contributed by atoms with Gasteiger partial charge in [0.2, 0.25) is 11.8 Å². The van der Waals surface area contributed by atoms with Gasteiger partial charge in [0.15, 0.2) is 0 Å². The van der Waals surface area contributed by atoms with Crippen molar-refractivity contribution in [2.45, 2.75) is 19.6 Å². The van der Waals surface area contributed by atoms with E-state index < -0.39 is 91.1 Å². The Kier molecular flexibility index (Phi) is 23.1. The van der Waals surface area contributed by atoms with E-state index in [4.69, 9.17) is 0 Å². The second-order valence-corrected chi connectivity index (χ2v) is 18.8. The molecular formula is C37H30N8Na4O17S4. The molecule has 33 heteroatoms. The van der Waals surface area contributed by atoms with Crippen LogP contribution in [0.2, 0.25) is 0 Å². The van der Waals surface area contributed by atoms with Gasteiger partial charge in [-0.2, -0.15) is 48.9 Å². The van der Waals surface area contributed by atoms with E-state index in [2.05, 4.69) is 40.8 Å². The predicted octanol–water partition coefficient (Wildman–Crippen LogP) is 5.11. The Balaban J connectivity index is 0.00000420. The Labute approximate surface area is 485 Å². The summed E-state index contributed by atoms with van der Waals surface area (Å²) in [6.45, 7) is -1.90. The fourth-order valence-electron chi connectivity index (χ4n) is 5.99. The fourth-order valence-corrected chi connectivity index (χ4v) is 8.84. The van der Waals surface area contributed by atoms with Gasteiger partial charge in [0, 0.05) is 145 Å². The van der Waals surface area contributed by atoms with Crippen LogP contribution in [0.25, 0.3) is 21.5 Å². The summed E-state index contributed by atoms with van der Waals surface area (Å²) in [6.07, 6.45) is 0. The number of aliphatic hydroxyl groups is 5. The average Bonchev–Trinajstić information content (AvgIpc) is 3.23. The monoisotopic (exact) mass is 1080 g/mol. The van der Waals surface area contributed by atoms with Gasteiger partial charge in [0.05, 0.1) is 28.4 Å². The Hall–Kier alpha value is -3.19. The first-order valence-corrected chi connectivity index (χ1v) is 23.6. The van der Waals surface area contributed by atoms with Gasteiger partial charge in [-0.15, -0.1) is 10.2 Å². The van der Waals surface area contributed by atoms with Crippen LogP contribution < -0.4 is 5.32 Å². The van der Waals surface area contributed by atoms with Gasteiger partial charge in [0.1, 0.15) is 44.2 Å². The molecule has 0 aliphatic rings. The summed E-state index contributed by atoms with van der Waals surface area (Å²) in [5, 5.41) is 66.8. The zero-order valence-corrected chi connectivity index (χ0v) is 48.0. The van der Waals surface area contributed by atoms with E-state index >= 15 is 0 Å². The fraction of sp³-hybridized carbons (Fsp3) is 0.0541. The Morgan fingerprint density at radius 1 is 0.414 bits per heavy atom. The van der Waals surface area contributed by atoms with Crippen LogP contribution in [-0.2, 0) is 40.5 Å². The molecule has 70 heavy (non-hydrogen) atoms. The number of nitrogens with zero attached hydrogens (tertiary/aromatic N) is 7. The summed E-state index contributed by atoms with van der Waals surface area (Å²) < 4.78 is 136. The smallest absolute Gasteiger partial charge is 0.295 e. The first-order valence-electron chi connectivity index (χ1n) is 17.8. The molecule has 0 amide bonds. The molecule has 0 fully saturated rings. The summed E-state index contributed by atoms with van der Waals surface area (Å²) in [5.41, 5.74) is -1.57. The van der Waals surface area contributed by atoms with Gasteiger partial charge in [-0.3, -0.25) is 18.2 Å². The Morgan fingerprint density at radius 3 is 1.21 bits per heavy atom. The number of rotatable bonds is 14. The minimum absolute atomic E-state index is 0. The van der Waals surface area contributed by atoms with Gasteiger partial charge in [-0.05, 0) is 72.8 Å². The van der Waals surface area contributed by atoms with Crippen LogP contribution in [0.5, 0.6) is 0 Å². The molecule has 0 saturated carbocycles. The van der Waals surface area contributed by atoms with Crippen molar-refractivity contribution in [2.24, 2.45) is 35.4 Å². The minimum atomic E-state index is -4.99. The number of hydrogen-bond acceptors (Lipinski definition) is 17. The van der Waals surface area contributed by atoms with Gasteiger partial charge < -0.3 is 30.8 Å². The Morgan fingerprint density at radius 2 is 0.814 bits per heavy atom. The van der Waals surface area contributed by atoms with Crippen molar-refractivity contribution in [2.75, 3.05) is 18.5 Å². The topological polar surface area (TPSA) is 417 Å². The summed E-state index contributed by atoms with van der Waals surface area (Å²) in [5.74, 6) is -1.65. The average molecular weight is 1080 g/mol. The van der Waals surface area contributed by atoms with Crippen molar-refractivity contribution < 1.29 is 77.4 Å². The number of fused-ring (bicyclic) bond motifs is 2. The number of aliphatic hydroxyl groups excluding tert-OH is 5. The number of amidine groups is 1. The summed E-state index contributed by atoms with van der Waals surface area (Å²) >= 11 is 0. The van der Waals surface area contributed by atoms with Crippen molar-refractivity contribution in [1.82, 2.24) is 0 Å². The SMILES string of the molecule is O=S(=O)(O)c1cc(N=Nc2ccc(N=C(O)Nc3ccc(N=Nc4cc(S(=O)(=O)O)c5cccc(S(=O)(=O)O)c5c4)c(N=C(O)CO)c3)cc2N=C(O)CO)cc2c(S(=O)(=O)O)cccc12.[Na].[Na].[Na].[Na]. The molecule has 0 heterocycles. The third kappa shape index (κ3) is 15.9. The van der Waals surface area contributed by atoms with Crippen LogP contribution in [0.1, 0.15) is 0 Å². The van der Waals surface area contributed by atoms with Crippen LogP contribution in [0.3, 0.4) is 0 Å². The molecule has 0 aliphatic heterocycles. The van der Waals surface area contributed by atoms with E-state index in [1.165, 1.54) is 42.5 Å². The second-order valence-electron chi connectivity index (χ2n) is 13.2. The standard InChI is InChI=1S/C37H30N8O17S4.4Na/c46-17-35(48)40-29-13-19(7-9-27(29)44-42-21-11-25-23(33(15-21)65(57,58)59)3-1-5-31(25)63(51,52)53)38-37(50)39-20-8-10-28(30(14-20)41-36(49)18-47)45-43-22-12-26-24(34(16-22)66(60,61)62)4-2-6-32(26)64(54,55)56;;;;/h1-16,46-47H,17-18H2,(H,40,48)(H,41,49)(H2,38,39,50)(H,51,52,53)(H,54,55,56)(H,57,58,59)(H,60,61,62);;;;. The number of azo groups is 2. The van der Waals surface area contributed by atoms with Gasteiger partial charge in [-0.25, -0.2) is 9.98 Å². The molecule has 6 rings (SSSR count). The first-order chi connectivity index (χ1) is 30.8. The summed E-state index contributed by atoms with van der Waals surface area (Å²) in [6, 6.07) is 16.9. The third-order valence-corrected chi connectivity index (χ3v) is 12.3. The molecule has 4 radical (unpaired) electrons. The molecule has 0 spiro atoms. The predicted molar refractivity (Wildman–Crippen MR) is 258 cm³/mol. The van der Waals surface area contributed by atoms with Crippen LogP contribution in [0.4, 0.5) is 45.5 Å². The van der Waals surface area contributed by atoms with Crippen molar-refractivity contribution >= 4 is 244 Å². The largest absolute Gasteiger partial charge is 0.495 e. The van der Waals surface area contributed by atoms with Gasteiger partial charge in [0.25, 0.3) is 46.5 Å². The summed E-state index contributed by atoms with van der Waals surface area (Å²) in [7, 11) is -19.8. The maximum atomic E-state index is 12.2. The van der Waals surface area contributed by atoms with Crippen molar-refractivity contribution in [3.05, 3.63) is 97.1 Å². The molecule has 10 N–H and O–H groups in total. The molecule has 0 saturated heterocycles. The number of nitrogens with one attached hydrogen (secondary N) is 1. The first kappa shape index (κ1) is 62.9. The van der Waals surface area contributed by atoms with E-state index in [1.807, 2.05) is 0 Å². The van der Waals surface area contributed by atoms with Crippen LogP contribution in [-0.4, -0.2) is 227 Å². The molecule has 0 aliphatic carbocycles. The zero-order valence-electron chi connectivity index (χ0n) is 36.7. The third-order valence-electron chi connectivity index (χ3n) is 8.67. The van der Waals surface area contributed by atoms with Crippen LogP contribution in [0.15, 0.2) is 152 Å². The zero-order chi connectivity index (χ0) is 48.4. The molecule has 6 aromatic rings. The molecule has 0 atom stereocenters. The van der Waals surface area contributed by atoms with Gasteiger partial charge in [-0.1, -0.05) is 24.3 Å². The van der Waals surface area contributed by atoms with Crippen molar-refractivity contribution in [3.63, 3.8) is 0 Å². The van der Waals surface area contributed by atoms with Crippen LogP contribution in [0, 0.1) is 0 Å². The number of aliphatic imine (C=N–C) groups is 3. The van der Waals surface area contributed by atoms with Crippen molar-refractivity contribution in [3.8, 4) is 0 Å². The molecule has 0 bridgehead atoms. The minimum Gasteiger partial charge on any atom is -0.495 e. The van der Waals surface area contributed by atoms with Crippen LogP contribution >= 0.6 is 0 Å². The normalized spacial score (nSPS) is 12.9. The molecule has 0 aromatic heterocycles. The molecular weight excluding hydrogens is 1050 g/mol. The maximum Gasteiger partial charge on any atom is 0.295 e. The molecule has 0 unspecified atom stereocenters. The van der Waals surface area contributed by atoms with Crippen molar-refractivity contribution in [1.29, 1.82) is 0 Å². The number of benzene rings is 6. The number of hydrogen-bond donors (Lipinski definition) is 10. The number of anilines is 1. The van der Waals surface area contributed by atoms with E-state index in [9.17, 15) is 77.4 Å². The molecule has 25 nitrogen and oxygen atoms in total. The van der Waals surface area contributed by atoms with E-state index in [0.29, 0.717) is 0 Å².